The summed E-state index contributed by atoms with van der Waals surface area (Å²) in [6.07, 6.45) is 6.35. The number of allylic oxidation sites excluding steroid dienone is 1. The first-order valence-corrected chi connectivity index (χ1v) is 2.88. The van der Waals surface area contributed by atoms with Gasteiger partial charge in [-0.3, -0.25) is 0 Å². The van der Waals surface area contributed by atoms with Gasteiger partial charge in [-0.15, -0.1) is 0 Å². The van der Waals surface area contributed by atoms with Crippen molar-refractivity contribution in [2.75, 3.05) is 6.54 Å². The molecule has 0 spiro atoms. The van der Waals surface area contributed by atoms with E-state index >= 15 is 0 Å². The Kier molecular flexibility index (Phi) is 2.42. The molecule has 3 nitrogen and oxygen atoms in total. The van der Waals surface area contributed by atoms with Gasteiger partial charge in [0.15, 0.2) is 0 Å². The zero-order chi connectivity index (χ0) is 5.66. The minimum Gasteiger partial charge on any atom is -0.316 e. The van der Waals surface area contributed by atoms with E-state index < -0.39 is 0 Å². The first-order valence-electron chi connectivity index (χ1n) is 2.88. The monoisotopic (exact) mass is 113 g/mol. The fourth-order valence-electron chi connectivity index (χ4n) is 0.606. The minimum atomic E-state index is 1.03. The standard InChI is InChI=1S/C5H11N3/c1-2-4-6-8-7-5-3-1/h2,4,6-8H,1,3,5H2. The average Bonchev–Trinajstić information content (AvgIpc) is 1.62. The number of hydrazine groups is 2. The first kappa shape index (κ1) is 5.59. The van der Waals surface area contributed by atoms with E-state index in [1.165, 1.54) is 6.42 Å². The highest BCUT2D eigenvalue weighted by molar-refractivity contribution is 4.78. The molecule has 0 radical (unpaired) electrons. The molecule has 0 fully saturated rings. The fraction of sp³-hybridized carbons (Fsp3) is 0.600. The Labute approximate surface area is 49.1 Å². The molecule has 0 saturated carbocycles. The zero-order valence-corrected chi connectivity index (χ0v) is 4.78. The van der Waals surface area contributed by atoms with Gasteiger partial charge >= 0.3 is 0 Å². The van der Waals surface area contributed by atoms with Gasteiger partial charge in [0.1, 0.15) is 0 Å². The predicted molar refractivity (Wildman–Crippen MR) is 32.6 cm³/mol. The molecule has 0 bridgehead atoms. The van der Waals surface area contributed by atoms with Gasteiger partial charge in [-0.05, 0) is 12.8 Å². The lowest BCUT2D eigenvalue weighted by molar-refractivity contribution is 0.471. The topological polar surface area (TPSA) is 36.1 Å². The maximum absolute atomic E-state index is 2.97. The van der Waals surface area contributed by atoms with E-state index in [4.69, 9.17) is 0 Å². The SMILES string of the molecule is C1=CNNNCCC1. The Morgan fingerprint density at radius 2 is 2.38 bits per heavy atom. The molecule has 8 heavy (non-hydrogen) atoms. The second-order valence-corrected chi connectivity index (χ2v) is 1.74. The van der Waals surface area contributed by atoms with Crippen LogP contribution >= 0.6 is 0 Å². The molecule has 0 aromatic rings. The Morgan fingerprint density at radius 3 is 3.38 bits per heavy atom. The van der Waals surface area contributed by atoms with Crippen molar-refractivity contribution in [1.29, 1.82) is 0 Å². The van der Waals surface area contributed by atoms with Crippen LogP contribution in [0.3, 0.4) is 0 Å². The summed E-state index contributed by atoms with van der Waals surface area (Å²) in [6.45, 7) is 1.03. The van der Waals surface area contributed by atoms with Crippen LogP contribution in [0.5, 0.6) is 0 Å². The third-order valence-corrected chi connectivity index (χ3v) is 1.03. The summed E-state index contributed by atoms with van der Waals surface area (Å²) < 4.78 is 0. The highest BCUT2D eigenvalue weighted by Crippen LogP contribution is 1.87. The lowest BCUT2D eigenvalue weighted by Crippen LogP contribution is -2.41. The molecule has 1 heterocycles. The molecule has 0 amide bonds. The quantitative estimate of drug-likeness (QED) is 0.410. The zero-order valence-electron chi connectivity index (χ0n) is 4.78. The van der Waals surface area contributed by atoms with Crippen LogP contribution in [0.15, 0.2) is 12.3 Å². The highest BCUT2D eigenvalue weighted by atomic mass is 15.6. The fourth-order valence-corrected chi connectivity index (χ4v) is 0.606. The Hall–Kier alpha value is -0.540. The molecular formula is C5H11N3. The van der Waals surface area contributed by atoms with Crippen molar-refractivity contribution in [3.05, 3.63) is 12.3 Å². The van der Waals surface area contributed by atoms with E-state index in [2.05, 4.69) is 22.5 Å². The lowest BCUT2D eigenvalue weighted by atomic mass is 10.3. The van der Waals surface area contributed by atoms with Crippen molar-refractivity contribution in [1.82, 2.24) is 16.4 Å². The molecule has 1 aliphatic rings. The van der Waals surface area contributed by atoms with Crippen molar-refractivity contribution in [3.63, 3.8) is 0 Å². The summed E-state index contributed by atoms with van der Waals surface area (Å²) in [6, 6.07) is 0. The van der Waals surface area contributed by atoms with E-state index in [9.17, 15) is 0 Å². The first-order chi connectivity index (χ1) is 4.00. The van der Waals surface area contributed by atoms with Gasteiger partial charge in [-0.25, -0.2) is 5.43 Å². The van der Waals surface area contributed by atoms with Gasteiger partial charge in [0.2, 0.25) is 0 Å². The van der Waals surface area contributed by atoms with Crippen LogP contribution in [-0.2, 0) is 0 Å². The molecule has 0 aliphatic carbocycles. The van der Waals surface area contributed by atoms with Crippen LogP contribution in [0.4, 0.5) is 0 Å². The van der Waals surface area contributed by atoms with Crippen molar-refractivity contribution in [2.45, 2.75) is 12.8 Å². The molecule has 0 unspecified atom stereocenters. The van der Waals surface area contributed by atoms with E-state index in [1.54, 1.807) is 0 Å². The number of nitrogens with one attached hydrogen (secondary N) is 3. The third kappa shape index (κ3) is 1.95. The minimum absolute atomic E-state index is 1.03. The van der Waals surface area contributed by atoms with Gasteiger partial charge in [0.25, 0.3) is 0 Å². The molecule has 46 valence electrons. The average molecular weight is 113 g/mol. The number of hydrogen-bond donors (Lipinski definition) is 3. The Morgan fingerprint density at radius 1 is 1.38 bits per heavy atom. The maximum atomic E-state index is 2.97. The predicted octanol–water partition coefficient (Wildman–Crippen LogP) is -0.107. The summed E-state index contributed by atoms with van der Waals surface area (Å²) in [5.41, 5.74) is 8.62. The molecule has 0 aromatic carbocycles. The summed E-state index contributed by atoms with van der Waals surface area (Å²) in [4.78, 5) is 0. The van der Waals surface area contributed by atoms with Crippen molar-refractivity contribution >= 4 is 0 Å². The van der Waals surface area contributed by atoms with Gasteiger partial charge < -0.3 is 5.43 Å². The number of hydrogen-bond acceptors (Lipinski definition) is 3. The van der Waals surface area contributed by atoms with Crippen molar-refractivity contribution in [2.24, 2.45) is 0 Å². The molecule has 1 aliphatic heterocycles. The van der Waals surface area contributed by atoms with Crippen molar-refractivity contribution in [3.8, 4) is 0 Å². The van der Waals surface area contributed by atoms with Crippen LogP contribution in [0, 0.1) is 0 Å². The van der Waals surface area contributed by atoms with Gasteiger partial charge in [-0.2, -0.15) is 5.53 Å². The van der Waals surface area contributed by atoms with Crippen LogP contribution in [0.2, 0.25) is 0 Å². The van der Waals surface area contributed by atoms with Gasteiger partial charge in [-0.1, -0.05) is 6.08 Å². The largest absolute Gasteiger partial charge is 0.316 e. The van der Waals surface area contributed by atoms with Crippen LogP contribution in [0.1, 0.15) is 12.8 Å². The molecule has 3 heteroatoms. The van der Waals surface area contributed by atoms with Gasteiger partial charge in [0, 0.05) is 12.7 Å². The normalized spacial score (nSPS) is 21.0. The summed E-state index contributed by atoms with van der Waals surface area (Å²) in [5, 5.41) is 0. The number of rotatable bonds is 0. The Bertz CT molecular complexity index is 69.7. The molecule has 1 rings (SSSR count). The van der Waals surface area contributed by atoms with E-state index in [0.29, 0.717) is 0 Å². The summed E-state index contributed by atoms with van der Waals surface area (Å²) in [5.74, 6) is 0. The molecule has 0 saturated heterocycles. The van der Waals surface area contributed by atoms with E-state index in [1.807, 2.05) is 6.20 Å². The van der Waals surface area contributed by atoms with Crippen LogP contribution < -0.4 is 16.4 Å². The van der Waals surface area contributed by atoms with Gasteiger partial charge in [0.05, 0.1) is 0 Å². The lowest BCUT2D eigenvalue weighted by Gasteiger charge is -2.07. The molecule has 0 atom stereocenters. The summed E-state index contributed by atoms with van der Waals surface area (Å²) >= 11 is 0. The van der Waals surface area contributed by atoms with Crippen LogP contribution in [0.25, 0.3) is 0 Å². The second-order valence-electron chi connectivity index (χ2n) is 1.74. The van der Waals surface area contributed by atoms with Crippen LogP contribution in [-0.4, -0.2) is 6.54 Å². The Balaban J connectivity index is 2.17. The maximum Gasteiger partial charge on any atom is 0.0120 e. The smallest absolute Gasteiger partial charge is 0.0120 e. The van der Waals surface area contributed by atoms with E-state index in [-0.39, 0.29) is 0 Å². The summed E-state index contributed by atoms with van der Waals surface area (Å²) in [7, 11) is 0. The molecule has 3 N–H and O–H groups in total. The van der Waals surface area contributed by atoms with Crippen molar-refractivity contribution < 1.29 is 0 Å². The molecular weight excluding hydrogens is 102 g/mol. The highest BCUT2D eigenvalue weighted by Gasteiger charge is 1.85. The molecule has 0 aromatic heterocycles. The van der Waals surface area contributed by atoms with E-state index in [0.717, 1.165) is 13.0 Å². The third-order valence-electron chi connectivity index (χ3n) is 1.03. The second kappa shape index (κ2) is 3.46.